The largest absolute Gasteiger partial charge is 0.418 e. The molecule has 3 atom stereocenters. The molecule has 1 aromatic heterocycles. The molecule has 1 fully saturated rings. The van der Waals surface area contributed by atoms with Crippen LogP contribution in [0.2, 0.25) is 5.02 Å². The minimum absolute atomic E-state index is 0.322. The molecule has 1 N–H and O–H groups in total. The summed E-state index contributed by atoms with van der Waals surface area (Å²) in [4.78, 5) is 54.6. The van der Waals surface area contributed by atoms with Gasteiger partial charge in [-0.3, -0.25) is 23.7 Å². The maximum absolute atomic E-state index is 13.9. The number of rotatable bonds is 5. The molecule has 0 saturated carbocycles. The van der Waals surface area contributed by atoms with Gasteiger partial charge in [0.25, 0.3) is 0 Å². The van der Waals surface area contributed by atoms with Gasteiger partial charge in [-0.2, -0.15) is 13.2 Å². The van der Waals surface area contributed by atoms with Crippen LogP contribution in [0.25, 0.3) is 0 Å². The topological polar surface area (TPSA) is 88.5 Å². The van der Waals surface area contributed by atoms with Gasteiger partial charge in [-0.05, 0) is 54.1 Å². The first-order valence-corrected chi connectivity index (χ1v) is 15.6. The van der Waals surface area contributed by atoms with E-state index >= 15 is 0 Å². The fourth-order valence-corrected chi connectivity index (χ4v) is 8.47. The molecule has 14 heteroatoms. The molecule has 1 saturated heterocycles. The molecule has 0 bridgehead atoms. The Morgan fingerprint density at radius 2 is 1.63 bits per heavy atom. The minimum Gasteiger partial charge on any atom is -0.325 e. The Kier molecular flexibility index (Phi) is 7.78. The number of thiazole rings is 1. The number of thioether (sulfide) groups is 1. The molecule has 3 heterocycles. The van der Waals surface area contributed by atoms with Crippen LogP contribution < -0.4 is 15.1 Å². The van der Waals surface area contributed by atoms with E-state index in [-0.39, 0.29) is 6.54 Å². The van der Waals surface area contributed by atoms with Crippen LogP contribution >= 0.6 is 50.6 Å². The third-order valence-corrected chi connectivity index (χ3v) is 10.5. The summed E-state index contributed by atoms with van der Waals surface area (Å²) in [6, 6.07) is 17.8. The molecule has 2 aliphatic heterocycles. The second-order valence-electron chi connectivity index (χ2n) is 9.80. The minimum atomic E-state index is -4.81. The molecule has 3 unspecified atom stereocenters. The van der Waals surface area contributed by atoms with Crippen molar-refractivity contribution in [1.82, 2.24) is 4.57 Å². The maximum atomic E-state index is 13.9. The number of aromatic nitrogens is 1. The Morgan fingerprint density at radius 3 is 2.30 bits per heavy atom. The van der Waals surface area contributed by atoms with E-state index in [2.05, 4.69) is 21.2 Å². The first kappa shape index (κ1) is 29.7. The van der Waals surface area contributed by atoms with E-state index in [1.165, 1.54) is 16.7 Å². The van der Waals surface area contributed by atoms with E-state index in [1.807, 2.05) is 0 Å². The molecule has 3 amide bonds. The summed E-state index contributed by atoms with van der Waals surface area (Å²) in [5, 5.41) is 2.37. The quantitative estimate of drug-likeness (QED) is 0.231. The molecule has 220 valence electrons. The predicted molar refractivity (Wildman–Crippen MR) is 162 cm³/mol. The van der Waals surface area contributed by atoms with Gasteiger partial charge in [-0.15, -0.1) is 0 Å². The molecular formula is C29H18BrClF3N3O4S2. The van der Waals surface area contributed by atoms with Crippen LogP contribution in [0.4, 0.5) is 24.5 Å². The number of hydrogen-bond donors (Lipinski definition) is 1. The van der Waals surface area contributed by atoms with Gasteiger partial charge >= 0.3 is 11.0 Å². The highest BCUT2D eigenvalue weighted by Crippen LogP contribution is 2.54. The molecule has 0 radical (unpaired) electrons. The molecule has 7 nitrogen and oxygen atoms in total. The summed E-state index contributed by atoms with van der Waals surface area (Å²) in [7, 11) is 0. The fourth-order valence-electron chi connectivity index (χ4n) is 5.31. The van der Waals surface area contributed by atoms with Gasteiger partial charge in [0.2, 0.25) is 17.7 Å². The Morgan fingerprint density at radius 1 is 0.953 bits per heavy atom. The van der Waals surface area contributed by atoms with Crippen molar-refractivity contribution in [3.8, 4) is 0 Å². The van der Waals surface area contributed by atoms with Crippen molar-refractivity contribution < 1.29 is 27.6 Å². The molecule has 0 spiro atoms. The lowest BCUT2D eigenvalue weighted by Crippen LogP contribution is -2.33. The van der Waals surface area contributed by atoms with Crippen molar-refractivity contribution in [3.05, 3.63) is 108 Å². The lowest BCUT2D eigenvalue weighted by Gasteiger charge is -2.30. The first-order valence-electron chi connectivity index (χ1n) is 12.7. The van der Waals surface area contributed by atoms with Gasteiger partial charge in [0.05, 0.1) is 22.2 Å². The van der Waals surface area contributed by atoms with E-state index < -0.39 is 57.1 Å². The van der Waals surface area contributed by atoms with Gasteiger partial charge < -0.3 is 5.32 Å². The van der Waals surface area contributed by atoms with Gasteiger partial charge in [-0.25, -0.2) is 4.90 Å². The lowest BCUT2D eigenvalue weighted by molar-refractivity contribution is -0.137. The van der Waals surface area contributed by atoms with Crippen molar-refractivity contribution in [2.24, 2.45) is 5.92 Å². The highest BCUT2D eigenvalue weighted by Gasteiger charge is 2.57. The third-order valence-electron chi connectivity index (χ3n) is 7.16. The number of nitrogens with one attached hydrogen (secondary N) is 1. The smallest absolute Gasteiger partial charge is 0.325 e. The number of hydrogen-bond acceptors (Lipinski definition) is 6. The van der Waals surface area contributed by atoms with Crippen molar-refractivity contribution in [1.29, 1.82) is 0 Å². The molecule has 6 rings (SSSR count). The van der Waals surface area contributed by atoms with Crippen molar-refractivity contribution in [3.63, 3.8) is 0 Å². The highest BCUT2D eigenvalue weighted by atomic mass is 79.9. The van der Waals surface area contributed by atoms with Crippen molar-refractivity contribution >= 4 is 79.7 Å². The van der Waals surface area contributed by atoms with Gasteiger partial charge in [0, 0.05) is 26.0 Å². The number of nitrogens with zero attached hydrogens (tertiary/aromatic N) is 2. The third kappa shape index (κ3) is 5.43. The van der Waals surface area contributed by atoms with E-state index in [4.69, 9.17) is 11.6 Å². The number of imide groups is 1. The fraction of sp³-hybridized carbons (Fsp3) is 0.172. The Labute approximate surface area is 263 Å². The zero-order valence-corrected chi connectivity index (χ0v) is 25.6. The number of benzene rings is 3. The summed E-state index contributed by atoms with van der Waals surface area (Å²) >= 11 is 11.1. The molecule has 0 aliphatic carbocycles. The predicted octanol–water partition coefficient (Wildman–Crippen LogP) is 6.78. The summed E-state index contributed by atoms with van der Waals surface area (Å²) in [6.07, 6.45) is -4.81. The normalized spacial score (nSPS) is 19.7. The second-order valence-corrected chi connectivity index (χ2v) is 13.3. The molecular weight excluding hydrogens is 691 g/mol. The van der Waals surface area contributed by atoms with Gasteiger partial charge in [-0.1, -0.05) is 74.9 Å². The summed E-state index contributed by atoms with van der Waals surface area (Å²) in [5.41, 5.74) is -0.586. The number of carbonyl (C=O) groups excluding carboxylic acids is 3. The average molecular weight is 709 g/mol. The number of alkyl halides is 3. The van der Waals surface area contributed by atoms with Crippen LogP contribution in [0, 0.1) is 5.92 Å². The highest BCUT2D eigenvalue weighted by molar-refractivity contribution is 9.10. The molecule has 4 aromatic rings. The summed E-state index contributed by atoms with van der Waals surface area (Å²) in [6.45, 7) is -0.381. The Hall–Kier alpha value is -3.39. The van der Waals surface area contributed by atoms with Gasteiger partial charge in [0.1, 0.15) is 11.8 Å². The zero-order chi connectivity index (χ0) is 30.6. The van der Waals surface area contributed by atoms with E-state index in [0.717, 1.165) is 39.7 Å². The van der Waals surface area contributed by atoms with Gasteiger partial charge in [0.15, 0.2) is 0 Å². The van der Waals surface area contributed by atoms with E-state index in [9.17, 15) is 32.3 Å². The first-order chi connectivity index (χ1) is 20.4. The number of anilines is 2. The average Bonchev–Trinajstić information content (AvgIpc) is 3.40. The second kappa shape index (κ2) is 11.3. The van der Waals surface area contributed by atoms with Crippen LogP contribution in [0.15, 0.2) is 87.1 Å². The van der Waals surface area contributed by atoms with E-state index in [0.29, 0.717) is 31.1 Å². The van der Waals surface area contributed by atoms with Crippen LogP contribution in [0.5, 0.6) is 0 Å². The van der Waals surface area contributed by atoms with Crippen LogP contribution in [0.3, 0.4) is 0 Å². The van der Waals surface area contributed by atoms with Crippen LogP contribution in [-0.4, -0.2) is 27.5 Å². The Bertz CT molecular complexity index is 1830. The number of para-hydroxylation sites is 1. The van der Waals surface area contributed by atoms with E-state index in [1.54, 1.807) is 48.5 Å². The SMILES string of the molecule is O=C(Cn1c2c(sc1=O)C(c1ccc(Br)cc1)C1C(=O)N(c3ccccc3C(F)(F)F)C(=O)C1S2)Nc1ccc(Cl)cc1. The van der Waals surface area contributed by atoms with Crippen LogP contribution in [-0.2, 0) is 27.1 Å². The summed E-state index contributed by atoms with van der Waals surface area (Å²) < 4.78 is 43.8. The molecule has 3 aromatic carbocycles. The van der Waals surface area contributed by atoms with Crippen LogP contribution in [0.1, 0.15) is 21.9 Å². The Balaban J connectivity index is 1.43. The zero-order valence-electron chi connectivity index (χ0n) is 21.6. The van der Waals surface area contributed by atoms with Crippen molar-refractivity contribution in [2.75, 3.05) is 10.2 Å². The number of carbonyl (C=O) groups is 3. The number of halogens is 5. The molecule has 2 aliphatic rings. The number of fused-ring (bicyclic) bond motifs is 2. The number of amides is 3. The summed E-state index contributed by atoms with van der Waals surface area (Å²) in [5.74, 6) is -4.01. The molecule has 43 heavy (non-hydrogen) atoms. The van der Waals surface area contributed by atoms with Crippen molar-refractivity contribution in [2.45, 2.75) is 28.9 Å². The standard InChI is InChI=1S/C29H18BrClF3N3O4S2/c30-15-7-5-14(6-8-15)21-22-23(26(40)37(25(22)39)19-4-2-1-3-18(19)29(32,33)34)42-27-24(21)43-28(41)36(27)13-20(38)35-17-11-9-16(31)10-12-17/h1-12,21-23H,13H2,(H,35,38). The monoisotopic (exact) mass is 707 g/mol. The maximum Gasteiger partial charge on any atom is 0.418 e. The lowest BCUT2D eigenvalue weighted by atomic mass is 9.83.